The van der Waals surface area contributed by atoms with Gasteiger partial charge in [0.1, 0.15) is 11.9 Å². The molecule has 1 aliphatic rings. The Labute approximate surface area is 160 Å². The fourth-order valence-corrected chi connectivity index (χ4v) is 5.01. The second kappa shape index (κ2) is 7.84. The molecule has 0 aromatic heterocycles. The zero-order chi connectivity index (χ0) is 18.7. The van der Waals surface area contributed by atoms with Gasteiger partial charge in [0.2, 0.25) is 10.0 Å². The van der Waals surface area contributed by atoms with Crippen molar-refractivity contribution >= 4 is 26.0 Å². The SMILES string of the molecule is N#C[C@@H](c1ccc(F)cc1)N1CCN(S(=O)(=O)c2cccc(Br)c2)CC1. The molecule has 3 rings (SSSR count). The molecule has 2 aromatic rings. The molecule has 0 amide bonds. The summed E-state index contributed by atoms with van der Waals surface area (Å²) in [5.41, 5.74) is 0.706. The van der Waals surface area contributed by atoms with E-state index in [1.165, 1.54) is 16.4 Å². The minimum absolute atomic E-state index is 0.246. The first kappa shape index (κ1) is 19.0. The molecule has 1 atom stereocenters. The van der Waals surface area contributed by atoms with Gasteiger partial charge in [-0.1, -0.05) is 34.1 Å². The van der Waals surface area contributed by atoms with Gasteiger partial charge in [0.05, 0.1) is 11.0 Å². The number of hydrogen-bond acceptors (Lipinski definition) is 4. The van der Waals surface area contributed by atoms with E-state index < -0.39 is 16.1 Å². The Kier molecular flexibility index (Phi) is 5.73. The average Bonchev–Trinajstić information content (AvgIpc) is 2.64. The number of sulfonamides is 1. The van der Waals surface area contributed by atoms with Crippen molar-refractivity contribution in [3.05, 3.63) is 64.4 Å². The maximum Gasteiger partial charge on any atom is 0.243 e. The van der Waals surface area contributed by atoms with Crippen LogP contribution < -0.4 is 0 Å². The minimum atomic E-state index is -3.57. The first-order valence-electron chi connectivity index (χ1n) is 8.06. The number of piperazine rings is 1. The number of rotatable bonds is 4. The minimum Gasteiger partial charge on any atom is -0.282 e. The van der Waals surface area contributed by atoms with E-state index in [9.17, 15) is 18.1 Å². The van der Waals surface area contributed by atoms with Crippen molar-refractivity contribution in [3.8, 4) is 6.07 Å². The fourth-order valence-electron chi connectivity index (χ4n) is 2.99. The van der Waals surface area contributed by atoms with Crippen LogP contribution in [-0.4, -0.2) is 43.8 Å². The maximum absolute atomic E-state index is 13.1. The molecule has 136 valence electrons. The molecular formula is C18H17BrFN3O2S. The molecule has 0 saturated carbocycles. The van der Waals surface area contributed by atoms with E-state index in [1.807, 2.05) is 4.90 Å². The van der Waals surface area contributed by atoms with Crippen molar-refractivity contribution in [1.29, 1.82) is 5.26 Å². The largest absolute Gasteiger partial charge is 0.282 e. The van der Waals surface area contributed by atoms with Gasteiger partial charge in [-0.05, 0) is 35.9 Å². The Morgan fingerprint density at radius 3 is 2.31 bits per heavy atom. The third kappa shape index (κ3) is 3.96. The second-order valence-electron chi connectivity index (χ2n) is 5.98. The van der Waals surface area contributed by atoms with Crippen molar-refractivity contribution in [2.24, 2.45) is 0 Å². The predicted octanol–water partition coefficient (Wildman–Crippen LogP) is 3.16. The van der Waals surface area contributed by atoms with Crippen LogP contribution in [0.2, 0.25) is 0 Å². The van der Waals surface area contributed by atoms with Crippen LogP contribution in [0.25, 0.3) is 0 Å². The predicted molar refractivity (Wildman–Crippen MR) is 99.2 cm³/mol. The van der Waals surface area contributed by atoms with Gasteiger partial charge in [-0.3, -0.25) is 4.90 Å². The highest BCUT2D eigenvalue weighted by molar-refractivity contribution is 9.10. The standard InChI is InChI=1S/C18H17BrFN3O2S/c19-15-2-1-3-17(12-15)26(24,25)23-10-8-22(9-11-23)18(13-21)14-4-6-16(20)7-5-14/h1-7,12,18H,8-11H2/t18-/m0/s1. The summed E-state index contributed by atoms with van der Waals surface area (Å²) in [7, 11) is -3.57. The van der Waals surface area contributed by atoms with Crippen molar-refractivity contribution < 1.29 is 12.8 Å². The molecule has 0 aliphatic carbocycles. The van der Waals surface area contributed by atoms with E-state index >= 15 is 0 Å². The molecule has 0 spiro atoms. The van der Waals surface area contributed by atoms with Crippen molar-refractivity contribution in [2.45, 2.75) is 10.9 Å². The number of nitriles is 1. The molecule has 1 aliphatic heterocycles. The summed E-state index contributed by atoms with van der Waals surface area (Å²) in [6.45, 7) is 1.47. The highest BCUT2D eigenvalue weighted by atomic mass is 79.9. The summed E-state index contributed by atoms with van der Waals surface area (Å²) >= 11 is 3.29. The molecule has 5 nitrogen and oxygen atoms in total. The van der Waals surface area contributed by atoms with Crippen molar-refractivity contribution in [3.63, 3.8) is 0 Å². The summed E-state index contributed by atoms with van der Waals surface area (Å²) < 4.78 is 40.8. The maximum atomic E-state index is 13.1. The Bertz CT molecular complexity index is 920. The Morgan fingerprint density at radius 1 is 1.08 bits per heavy atom. The molecule has 8 heteroatoms. The summed E-state index contributed by atoms with van der Waals surface area (Å²) in [5, 5.41) is 9.51. The van der Waals surface area contributed by atoms with Crippen molar-refractivity contribution in [2.75, 3.05) is 26.2 Å². The van der Waals surface area contributed by atoms with Crippen LogP contribution in [0.1, 0.15) is 11.6 Å². The third-order valence-corrected chi connectivity index (χ3v) is 6.77. The lowest BCUT2D eigenvalue weighted by molar-refractivity contribution is 0.162. The molecule has 0 N–H and O–H groups in total. The van der Waals surface area contributed by atoms with Crippen molar-refractivity contribution in [1.82, 2.24) is 9.21 Å². The van der Waals surface area contributed by atoms with Gasteiger partial charge >= 0.3 is 0 Å². The Hall–Kier alpha value is -1.79. The molecule has 1 fully saturated rings. The van der Waals surface area contributed by atoms with E-state index in [4.69, 9.17) is 0 Å². The van der Waals surface area contributed by atoms with Gasteiger partial charge in [-0.15, -0.1) is 0 Å². The Morgan fingerprint density at radius 2 is 1.73 bits per heavy atom. The van der Waals surface area contributed by atoms with Crippen LogP contribution in [0.15, 0.2) is 57.9 Å². The first-order chi connectivity index (χ1) is 12.4. The molecule has 0 unspecified atom stereocenters. The molecule has 1 saturated heterocycles. The highest BCUT2D eigenvalue weighted by Crippen LogP contribution is 2.25. The first-order valence-corrected chi connectivity index (χ1v) is 10.3. The lowest BCUT2D eigenvalue weighted by Crippen LogP contribution is -2.49. The van der Waals surface area contributed by atoms with Crippen LogP contribution in [0.4, 0.5) is 4.39 Å². The molecule has 2 aromatic carbocycles. The average molecular weight is 438 g/mol. The van der Waals surface area contributed by atoms with Crippen LogP contribution >= 0.6 is 15.9 Å². The second-order valence-corrected chi connectivity index (χ2v) is 8.83. The molecular weight excluding hydrogens is 421 g/mol. The van der Waals surface area contributed by atoms with Gasteiger partial charge in [0.15, 0.2) is 0 Å². The van der Waals surface area contributed by atoms with Gasteiger partial charge < -0.3 is 0 Å². The van der Waals surface area contributed by atoms with E-state index in [0.29, 0.717) is 36.2 Å². The monoisotopic (exact) mass is 437 g/mol. The molecule has 1 heterocycles. The fraction of sp³-hybridized carbons (Fsp3) is 0.278. The van der Waals surface area contributed by atoms with Gasteiger partial charge in [0.25, 0.3) is 0 Å². The van der Waals surface area contributed by atoms with Gasteiger partial charge in [0, 0.05) is 30.7 Å². The molecule has 0 radical (unpaired) electrons. The zero-order valence-electron chi connectivity index (χ0n) is 13.8. The van der Waals surface area contributed by atoms with Crippen LogP contribution in [0.3, 0.4) is 0 Å². The summed E-state index contributed by atoms with van der Waals surface area (Å²) in [4.78, 5) is 2.16. The molecule has 26 heavy (non-hydrogen) atoms. The zero-order valence-corrected chi connectivity index (χ0v) is 16.2. The van der Waals surface area contributed by atoms with E-state index in [1.54, 1.807) is 36.4 Å². The highest BCUT2D eigenvalue weighted by Gasteiger charge is 2.31. The van der Waals surface area contributed by atoms with Crippen LogP contribution in [0, 0.1) is 17.1 Å². The van der Waals surface area contributed by atoms with Gasteiger partial charge in [-0.2, -0.15) is 9.57 Å². The van der Waals surface area contributed by atoms with E-state index in [0.717, 1.165) is 0 Å². The summed E-state index contributed by atoms with van der Waals surface area (Å²) in [5.74, 6) is -0.352. The summed E-state index contributed by atoms with van der Waals surface area (Å²) in [6, 6.07) is 14.2. The van der Waals surface area contributed by atoms with E-state index in [2.05, 4.69) is 22.0 Å². The number of halogens is 2. The number of benzene rings is 2. The smallest absolute Gasteiger partial charge is 0.243 e. The lowest BCUT2D eigenvalue weighted by Gasteiger charge is -2.36. The Balaban J connectivity index is 1.72. The quantitative estimate of drug-likeness (QED) is 0.736. The van der Waals surface area contributed by atoms with E-state index in [-0.39, 0.29) is 10.7 Å². The summed E-state index contributed by atoms with van der Waals surface area (Å²) in [6.07, 6.45) is 0. The third-order valence-electron chi connectivity index (χ3n) is 4.38. The van der Waals surface area contributed by atoms with Crippen LogP contribution in [0.5, 0.6) is 0 Å². The lowest BCUT2D eigenvalue weighted by atomic mass is 10.1. The number of nitrogens with zero attached hydrogens (tertiary/aromatic N) is 3. The molecule has 0 bridgehead atoms. The van der Waals surface area contributed by atoms with Gasteiger partial charge in [-0.25, -0.2) is 12.8 Å². The topological polar surface area (TPSA) is 64.4 Å². The normalized spacial score (nSPS) is 17.6. The van der Waals surface area contributed by atoms with Crippen LogP contribution in [-0.2, 0) is 10.0 Å². The number of hydrogen-bond donors (Lipinski definition) is 0.